The third-order valence-corrected chi connectivity index (χ3v) is 7.41. The highest BCUT2D eigenvalue weighted by molar-refractivity contribution is 5.65. The number of anilines is 2. The van der Waals surface area contributed by atoms with Gasteiger partial charge in [-0.3, -0.25) is 0 Å². The normalized spacial score (nSPS) is 17.0. The van der Waals surface area contributed by atoms with E-state index in [0.717, 1.165) is 56.0 Å². The van der Waals surface area contributed by atoms with E-state index in [1.54, 1.807) is 6.07 Å². The third-order valence-electron chi connectivity index (χ3n) is 7.41. The van der Waals surface area contributed by atoms with E-state index in [9.17, 15) is 4.39 Å². The van der Waals surface area contributed by atoms with Crippen LogP contribution >= 0.6 is 0 Å². The summed E-state index contributed by atoms with van der Waals surface area (Å²) >= 11 is 0. The fraction of sp³-hybridized carbons (Fsp3) is 0.500. The smallest absolute Gasteiger partial charge is 0.204 e. The number of hydrogen-bond donors (Lipinski definition) is 1. The minimum absolute atomic E-state index is 0.00204. The summed E-state index contributed by atoms with van der Waals surface area (Å²) in [6.45, 7) is 12.0. The zero-order chi connectivity index (χ0) is 25.2. The summed E-state index contributed by atoms with van der Waals surface area (Å²) in [5, 5.41) is 0. The third kappa shape index (κ3) is 5.19. The molecule has 1 aromatic carbocycles. The highest BCUT2D eigenvalue weighted by Gasteiger charge is 2.27. The van der Waals surface area contributed by atoms with Crippen LogP contribution < -0.4 is 15.4 Å². The first kappa shape index (κ1) is 24.6. The van der Waals surface area contributed by atoms with Gasteiger partial charge in [-0.25, -0.2) is 14.4 Å². The van der Waals surface area contributed by atoms with Gasteiger partial charge < -0.3 is 24.8 Å². The van der Waals surface area contributed by atoms with E-state index < -0.39 is 0 Å². The molecule has 5 rings (SSSR count). The number of nitrogens with two attached hydrogens (primary N) is 1. The van der Waals surface area contributed by atoms with E-state index in [2.05, 4.69) is 36.6 Å². The van der Waals surface area contributed by atoms with Crippen molar-refractivity contribution in [2.75, 3.05) is 43.4 Å². The summed E-state index contributed by atoms with van der Waals surface area (Å²) in [5.74, 6) is 2.04. The van der Waals surface area contributed by atoms with Gasteiger partial charge in [0.1, 0.15) is 12.1 Å². The Labute approximate surface area is 213 Å². The van der Waals surface area contributed by atoms with Crippen LogP contribution in [0.2, 0.25) is 0 Å². The Kier molecular flexibility index (Phi) is 7.14. The molecule has 0 saturated carbocycles. The summed E-state index contributed by atoms with van der Waals surface area (Å²) in [7, 11) is 0. The van der Waals surface area contributed by atoms with Crippen LogP contribution in [0.4, 0.5) is 16.0 Å². The Morgan fingerprint density at radius 2 is 1.83 bits per heavy atom. The molecular formula is C28H37FN6O. The molecule has 0 aliphatic carbocycles. The largest absolute Gasteiger partial charge is 0.484 e. The number of ether oxygens (including phenoxy) is 1. The van der Waals surface area contributed by atoms with Crippen molar-refractivity contribution in [3.05, 3.63) is 53.9 Å². The molecular weight excluding hydrogens is 455 g/mol. The minimum Gasteiger partial charge on any atom is -0.484 e. The van der Waals surface area contributed by atoms with Gasteiger partial charge in [0.05, 0.1) is 6.10 Å². The van der Waals surface area contributed by atoms with E-state index in [0.29, 0.717) is 23.0 Å². The molecule has 3 aromatic rings. The molecule has 4 heterocycles. The van der Waals surface area contributed by atoms with Crippen molar-refractivity contribution in [1.82, 2.24) is 19.4 Å². The molecule has 192 valence electrons. The number of piperidine rings is 1. The molecule has 8 heteroatoms. The standard InChI is InChI=1S/C28H37FN6O/c1-19(2)36-26-27(30)31-18-32-28(26)34-11-7-21(8-12-34)25-16-23(22-5-6-24(29)20(3)15-22)17-35(25)14-13-33-9-4-10-33/h5-6,15-19,21H,4,7-14H2,1-3H3,(H2,30,31,32). The second-order valence-corrected chi connectivity index (χ2v) is 10.3. The Balaban J connectivity index is 1.36. The molecule has 0 unspecified atom stereocenters. The lowest BCUT2D eigenvalue weighted by molar-refractivity contribution is 0.174. The summed E-state index contributed by atoms with van der Waals surface area (Å²) in [6, 6.07) is 7.73. The zero-order valence-electron chi connectivity index (χ0n) is 21.6. The monoisotopic (exact) mass is 492 g/mol. The van der Waals surface area contributed by atoms with Gasteiger partial charge in [-0.05, 0) is 88.0 Å². The van der Waals surface area contributed by atoms with Gasteiger partial charge >= 0.3 is 0 Å². The molecule has 2 aliphatic heterocycles. The number of nitrogens with zero attached hydrogens (tertiary/aromatic N) is 5. The predicted octanol–water partition coefficient (Wildman–Crippen LogP) is 4.85. The summed E-state index contributed by atoms with van der Waals surface area (Å²) < 4.78 is 22.3. The van der Waals surface area contributed by atoms with Crippen molar-refractivity contribution in [2.45, 2.75) is 58.6 Å². The lowest BCUT2D eigenvalue weighted by Crippen LogP contribution is -2.39. The Hall–Kier alpha value is -3.13. The topological polar surface area (TPSA) is 72.4 Å². The zero-order valence-corrected chi connectivity index (χ0v) is 21.6. The van der Waals surface area contributed by atoms with Crippen LogP contribution in [0.5, 0.6) is 5.75 Å². The molecule has 2 fully saturated rings. The molecule has 0 bridgehead atoms. The van der Waals surface area contributed by atoms with E-state index in [-0.39, 0.29) is 11.9 Å². The van der Waals surface area contributed by atoms with Crippen LogP contribution in [0.3, 0.4) is 0 Å². The average Bonchev–Trinajstić information content (AvgIpc) is 3.25. The maximum absolute atomic E-state index is 13.9. The maximum atomic E-state index is 13.9. The molecule has 2 N–H and O–H groups in total. The van der Waals surface area contributed by atoms with Crippen molar-refractivity contribution in [3.8, 4) is 16.9 Å². The van der Waals surface area contributed by atoms with E-state index in [1.165, 1.54) is 31.5 Å². The van der Waals surface area contributed by atoms with Crippen LogP contribution in [0.25, 0.3) is 11.1 Å². The van der Waals surface area contributed by atoms with E-state index in [4.69, 9.17) is 10.5 Å². The number of likely N-dealkylation sites (tertiary alicyclic amines) is 1. The first-order valence-corrected chi connectivity index (χ1v) is 13.1. The number of rotatable bonds is 8. The molecule has 2 aliphatic rings. The molecule has 7 nitrogen and oxygen atoms in total. The lowest BCUT2D eigenvalue weighted by Gasteiger charge is -2.35. The fourth-order valence-electron chi connectivity index (χ4n) is 5.24. The number of nitrogen functional groups attached to an aromatic ring is 1. The quantitative estimate of drug-likeness (QED) is 0.485. The fourth-order valence-corrected chi connectivity index (χ4v) is 5.24. The molecule has 0 atom stereocenters. The van der Waals surface area contributed by atoms with Crippen LogP contribution in [0, 0.1) is 12.7 Å². The highest BCUT2D eigenvalue weighted by Crippen LogP contribution is 2.37. The summed E-state index contributed by atoms with van der Waals surface area (Å²) in [5.41, 5.74) is 10.4. The second-order valence-electron chi connectivity index (χ2n) is 10.3. The minimum atomic E-state index is -0.158. The van der Waals surface area contributed by atoms with E-state index >= 15 is 0 Å². The van der Waals surface area contributed by atoms with Crippen LogP contribution in [-0.2, 0) is 6.54 Å². The molecule has 2 aromatic heterocycles. The van der Waals surface area contributed by atoms with Crippen LogP contribution in [0.1, 0.15) is 50.3 Å². The first-order chi connectivity index (χ1) is 17.4. The molecule has 0 spiro atoms. The Morgan fingerprint density at radius 3 is 2.50 bits per heavy atom. The Morgan fingerprint density at radius 1 is 1.06 bits per heavy atom. The number of halogens is 1. The van der Waals surface area contributed by atoms with Crippen molar-refractivity contribution in [2.24, 2.45) is 0 Å². The SMILES string of the molecule is Cc1cc(-c2cc(C3CCN(c4ncnc(N)c4OC(C)C)CC3)n(CCN3CCC3)c2)ccc1F. The van der Waals surface area contributed by atoms with Gasteiger partial charge in [0, 0.05) is 44.0 Å². The Bertz CT molecular complexity index is 1200. The van der Waals surface area contributed by atoms with Gasteiger partial charge in [-0.15, -0.1) is 0 Å². The van der Waals surface area contributed by atoms with Gasteiger partial charge in [0.2, 0.25) is 5.75 Å². The van der Waals surface area contributed by atoms with E-state index in [1.807, 2.05) is 32.9 Å². The highest BCUT2D eigenvalue weighted by atomic mass is 19.1. The predicted molar refractivity (Wildman–Crippen MR) is 142 cm³/mol. The number of benzene rings is 1. The maximum Gasteiger partial charge on any atom is 0.204 e. The number of aryl methyl sites for hydroxylation is 1. The number of aromatic nitrogens is 3. The van der Waals surface area contributed by atoms with Crippen LogP contribution in [-0.4, -0.2) is 58.3 Å². The summed E-state index contributed by atoms with van der Waals surface area (Å²) in [4.78, 5) is 13.4. The van der Waals surface area contributed by atoms with Crippen LogP contribution in [0.15, 0.2) is 36.8 Å². The second kappa shape index (κ2) is 10.5. The van der Waals surface area contributed by atoms with Gasteiger partial charge in [-0.1, -0.05) is 6.07 Å². The molecule has 2 saturated heterocycles. The van der Waals surface area contributed by atoms with Gasteiger partial charge in [-0.2, -0.15) is 0 Å². The van der Waals surface area contributed by atoms with Gasteiger partial charge in [0.15, 0.2) is 11.6 Å². The number of hydrogen-bond acceptors (Lipinski definition) is 6. The molecule has 0 amide bonds. The first-order valence-electron chi connectivity index (χ1n) is 13.1. The van der Waals surface area contributed by atoms with Crippen molar-refractivity contribution in [3.63, 3.8) is 0 Å². The molecule has 0 radical (unpaired) electrons. The molecule has 36 heavy (non-hydrogen) atoms. The van der Waals surface area contributed by atoms with Crippen molar-refractivity contribution < 1.29 is 9.13 Å². The lowest BCUT2D eigenvalue weighted by atomic mass is 9.92. The average molecular weight is 493 g/mol. The van der Waals surface area contributed by atoms with Gasteiger partial charge in [0.25, 0.3) is 0 Å². The summed E-state index contributed by atoms with van der Waals surface area (Å²) in [6.07, 6.45) is 7.10. The van der Waals surface area contributed by atoms with Crippen molar-refractivity contribution >= 4 is 11.6 Å². The van der Waals surface area contributed by atoms with Crippen molar-refractivity contribution in [1.29, 1.82) is 0 Å².